The summed E-state index contributed by atoms with van der Waals surface area (Å²) in [6.07, 6.45) is 5.62. The van der Waals surface area contributed by atoms with Crippen LogP contribution < -0.4 is 10.5 Å². The first-order chi connectivity index (χ1) is 11.1. The number of para-hydroxylation sites is 1. The molecule has 1 heterocycles. The molecule has 0 spiro atoms. The highest BCUT2D eigenvalue weighted by molar-refractivity contribution is 5.78. The van der Waals surface area contributed by atoms with Crippen molar-refractivity contribution < 1.29 is 13.5 Å². The number of hydrogen-bond donors (Lipinski definition) is 1. The van der Waals surface area contributed by atoms with Gasteiger partial charge in [-0.05, 0) is 30.9 Å². The molecule has 0 radical (unpaired) electrons. The Balaban J connectivity index is 1.66. The van der Waals surface area contributed by atoms with Crippen molar-refractivity contribution in [3.63, 3.8) is 0 Å². The van der Waals surface area contributed by atoms with Gasteiger partial charge in [-0.3, -0.25) is 0 Å². The Bertz CT molecular complexity index is 557. The third-order valence-electron chi connectivity index (χ3n) is 4.52. The summed E-state index contributed by atoms with van der Waals surface area (Å²) in [5.41, 5.74) is 6.94. The van der Waals surface area contributed by atoms with Gasteiger partial charge in [-0.25, -0.2) is 4.99 Å². The number of guanidine groups is 1. The van der Waals surface area contributed by atoms with Gasteiger partial charge in [0.2, 0.25) is 0 Å². The molecule has 3 rings (SSSR count). The van der Waals surface area contributed by atoms with E-state index in [-0.39, 0.29) is 17.7 Å². The van der Waals surface area contributed by atoms with Gasteiger partial charge in [-0.2, -0.15) is 8.78 Å². The fraction of sp³-hybridized carbons (Fsp3) is 0.588. The van der Waals surface area contributed by atoms with E-state index in [1.54, 1.807) is 12.1 Å². The molecule has 2 fully saturated rings. The van der Waals surface area contributed by atoms with Crippen molar-refractivity contribution in [1.29, 1.82) is 0 Å². The topological polar surface area (TPSA) is 50.9 Å². The maximum atomic E-state index is 12.5. The summed E-state index contributed by atoms with van der Waals surface area (Å²) in [5.74, 6) is 0.959. The molecule has 1 aliphatic heterocycles. The summed E-state index contributed by atoms with van der Waals surface area (Å²) in [7, 11) is 0. The Morgan fingerprint density at radius 1 is 1.17 bits per heavy atom. The zero-order valence-corrected chi connectivity index (χ0v) is 13.1. The fourth-order valence-electron chi connectivity index (χ4n) is 3.20. The molecule has 23 heavy (non-hydrogen) atoms. The highest BCUT2D eigenvalue weighted by atomic mass is 19.3. The molecule has 1 aromatic carbocycles. The van der Waals surface area contributed by atoms with Crippen molar-refractivity contribution in [2.24, 2.45) is 10.7 Å². The van der Waals surface area contributed by atoms with Gasteiger partial charge in [0.25, 0.3) is 0 Å². The molecule has 0 aromatic heterocycles. The van der Waals surface area contributed by atoms with Crippen LogP contribution in [0.15, 0.2) is 29.3 Å². The summed E-state index contributed by atoms with van der Waals surface area (Å²) < 4.78 is 29.6. The van der Waals surface area contributed by atoms with Crippen molar-refractivity contribution in [3.05, 3.63) is 29.8 Å². The van der Waals surface area contributed by atoms with Crippen molar-refractivity contribution in [2.45, 2.75) is 50.7 Å². The highest BCUT2D eigenvalue weighted by Crippen LogP contribution is 2.47. The van der Waals surface area contributed by atoms with Crippen LogP contribution in [-0.4, -0.2) is 36.6 Å². The van der Waals surface area contributed by atoms with Crippen LogP contribution in [-0.2, 0) is 0 Å². The SMILES string of the molecule is NC(=N[C@H]1C[C@@H]1c1ccccc1OC(F)F)N1CCCCCC1. The number of halogens is 2. The van der Waals surface area contributed by atoms with Crippen LogP contribution in [0.1, 0.15) is 43.6 Å². The Morgan fingerprint density at radius 3 is 2.57 bits per heavy atom. The predicted octanol–water partition coefficient (Wildman–Crippen LogP) is 3.33. The normalized spacial score (nSPS) is 25.3. The van der Waals surface area contributed by atoms with Gasteiger partial charge < -0.3 is 15.4 Å². The summed E-state index contributed by atoms with van der Waals surface area (Å²) in [6, 6.07) is 7.03. The van der Waals surface area contributed by atoms with Crippen molar-refractivity contribution in [2.75, 3.05) is 13.1 Å². The number of benzene rings is 1. The third-order valence-corrected chi connectivity index (χ3v) is 4.52. The maximum Gasteiger partial charge on any atom is 0.387 e. The van der Waals surface area contributed by atoms with E-state index in [4.69, 9.17) is 5.73 Å². The van der Waals surface area contributed by atoms with E-state index >= 15 is 0 Å². The number of aliphatic imine (C=N–C) groups is 1. The summed E-state index contributed by atoms with van der Waals surface area (Å²) >= 11 is 0. The molecule has 2 atom stereocenters. The van der Waals surface area contributed by atoms with E-state index < -0.39 is 6.61 Å². The number of ether oxygens (including phenoxy) is 1. The minimum atomic E-state index is -2.81. The molecule has 1 aliphatic carbocycles. The number of nitrogens with zero attached hydrogens (tertiary/aromatic N) is 2. The van der Waals surface area contributed by atoms with Crippen molar-refractivity contribution in [1.82, 2.24) is 4.90 Å². The zero-order valence-electron chi connectivity index (χ0n) is 13.1. The van der Waals surface area contributed by atoms with Gasteiger partial charge in [0, 0.05) is 19.0 Å². The van der Waals surface area contributed by atoms with Crippen LogP contribution in [0, 0.1) is 0 Å². The Labute approximate surface area is 135 Å². The molecular formula is C17H23F2N3O. The quantitative estimate of drug-likeness (QED) is 0.683. The van der Waals surface area contributed by atoms with Gasteiger partial charge in [0.05, 0.1) is 6.04 Å². The minimum Gasteiger partial charge on any atom is -0.435 e. The van der Waals surface area contributed by atoms with Crippen LogP contribution >= 0.6 is 0 Å². The van der Waals surface area contributed by atoms with Crippen LogP contribution in [0.25, 0.3) is 0 Å². The molecule has 4 nitrogen and oxygen atoms in total. The van der Waals surface area contributed by atoms with E-state index in [0.29, 0.717) is 5.96 Å². The molecular weight excluding hydrogens is 300 g/mol. The van der Waals surface area contributed by atoms with E-state index in [2.05, 4.69) is 14.6 Å². The lowest BCUT2D eigenvalue weighted by molar-refractivity contribution is -0.0504. The zero-order chi connectivity index (χ0) is 16.2. The van der Waals surface area contributed by atoms with Gasteiger partial charge in [0.1, 0.15) is 5.75 Å². The number of likely N-dealkylation sites (tertiary alicyclic amines) is 1. The predicted molar refractivity (Wildman–Crippen MR) is 85.9 cm³/mol. The third kappa shape index (κ3) is 4.12. The number of nitrogens with two attached hydrogens (primary N) is 1. The number of rotatable bonds is 4. The smallest absolute Gasteiger partial charge is 0.387 e. The molecule has 1 saturated carbocycles. The molecule has 126 valence electrons. The van der Waals surface area contributed by atoms with E-state index in [1.807, 2.05) is 12.1 Å². The van der Waals surface area contributed by atoms with Gasteiger partial charge >= 0.3 is 6.61 Å². The van der Waals surface area contributed by atoms with Crippen LogP contribution in [0.3, 0.4) is 0 Å². The van der Waals surface area contributed by atoms with Gasteiger partial charge in [-0.1, -0.05) is 31.0 Å². The van der Waals surface area contributed by atoms with Crippen LogP contribution in [0.5, 0.6) is 5.75 Å². The Kier molecular flexibility index (Phi) is 4.98. The molecule has 0 amide bonds. The minimum absolute atomic E-state index is 0.0701. The summed E-state index contributed by atoms with van der Waals surface area (Å²) in [4.78, 5) is 6.75. The van der Waals surface area contributed by atoms with E-state index in [0.717, 1.165) is 37.9 Å². The number of hydrogen-bond acceptors (Lipinski definition) is 2. The second kappa shape index (κ2) is 7.15. The lowest BCUT2D eigenvalue weighted by Crippen LogP contribution is -2.38. The maximum absolute atomic E-state index is 12.5. The Hall–Kier alpha value is -1.85. The van der Waals surface area contributed by atoms with Gasteiger partial charge in [-0.15, -0.1) is 0 Å². The first-order valence-corrected chi connectivity index (χ1v) is 8.27. The van der Waals surface area contributed by atoms with Crippen LogP contribution in [0.2, 0.25) is 0 Å². The molecule has 2 aliphatic rings. The largest absolute Gasteiger partial charge is 0.435 e. The summed E-state index contributed by atoms with van der Waals surface area (Å²) in [6.45, 7) is -0.894. The first-order valence-electron chi connectivity index (χ1n) is 8.27. The Morgan fingerprint density at radius 2 is 1.87 bits per heavy atom. The molecule has 0 unspecified atom stereocenters. The fourth-order valence-corrected chi connectivity index (χ4v) is 3.20. The molecule has 1 saturated heterocycles. The average molecular weight is 323 g/mol. The molecule has 6 heteroatoms. The molecule has 2 N–H and O–H groups in total. The van der Waals surface area contributed by atoms with Gasteiger partial charge in [0.15, 0.2) is 5.96 Å². The van der Waals surface area contributed by atoms with Crippen molar-refractivity contribution in [3.8, 4) is 5.75 Å². The summed E-state index contributed by atoms with van der Waals surface area (Å²) in [5, 5.41) is 0. The van der Waals surface area contributed by atoms with E-state index in [9.17, 15) is 8.78 Å². The molecule has 0 bridgehead atoms. The lowest BCUT2D eigenvalue weighted by Gasteiger charge is -2.21. The first kappa shape index (κ1) is 16.0. The van der Waals surface area contributed by atoms with Crippen molar-refractivity contribution >= 4 is 5.96 Å². The van der Waals surface area contributed by atoms with E-state index in [1.165, 1.54) is 12.8 Å². The second-order valence-corrected chi connectivity index (χ2v) is 6.21. The molecule has 1 aromatic rings. The lowest BCUT2D eigenvalue weighted by atomic mass is 10.1. The second-order valence-electron chi connectivity index (χ2n) is 6.21. The standard InChI is InChI=1S/C17H23F2N3O/c18-16(19)23-15-8-4-3-7-12(15)13-11-14(13)21-17(20)22-9-5-1-2-6-10-22/h3-4,7-8,13-14,16H,1-2,5-6,9-11H2,(H2,20,21)/t13-,14+/m1/s1. The highest BCUT2D eigenvalue weighted by Gasteiger charge is 2.41. The monoisotopic (exact) mass is 323 g/mol. The number of alkyl halides is 2. The van der Waals surface area contributed by atoms with Crippen LogP contribution in [0.4, 0.5) is 8.78 Å². The average Bonchev–Trinajstić information content (AvgIpc) is 3.30.